The second-order valence-electron chi connectivity index (χ2n) is 4.29. The third-order valence-corrected chi connectivity index (χ3v) is 3.20. The molecule has 0 radical (unpaired) electrons. The molecular weight excluding hydrogens is 174 g/mol. The van der Waals surface area contributed by atoms with Crippen LogP contribution in [0.15, 0.2) is 0 Å². The summed E-state index contributed by atoms with van der Waals surface area (Å²) in [5.41, 5.74) is 8.41. The lowest BCUT2D eigenvalue weighted by Crippen LogP contribution is -2.17. The first kappa shape index (κ1) is 9.71. The summed E-state index contributed by atoms with van der Waals surface area (Å²) < 4.78 is 0. The van der Waals surface area contributed by atoms with E-state index in [2.05, 4.69) is 23.8 Å². The molecule has 0 aromatic carbocycles. The van der Waals surface area contributed by atoms with E-state index in [0.717, 1.165) is 30.8 Å². The Labute approximate surface area is 85.1 Å². The number of nitrogens with zero attached hydrogens (tertiary/aromatic N) is 1. The van der Waals surface area contributed by atoms with Crippen LogP contribution >= 0.6 is 0 Å². The Morgan fingerprint density at radius 3 is 3.07 bits per heavy atom. The van der Waals surface area contributed by atoms with E-state index < -0.39 is 0 Å². The number of hydrogen-bond donors (Lipinski definition) is 2. The molecule has 0 fully saturated rings. The molecule has 1 aromatic heterocycles. The molecular formula is C11H19N3. The van der Waals surface area contributed by atoms with E-state index in [9.17, 15) is 0 Å². The number of aromatic nitrogens is 2. The van der Waals surface area contributed by atoms with Crippen LogP contribution in [0.5, 0.6) is 0 Å². The molecule has 3 heteroatoms. The zero-order valence-electron chi connectivity index (χ0n) is 9.01. The van der Waals surface area contributed by atoms with Crippen molar-refractivity contribution in [3.05, 3.63) is 17.2 Å². The summed E-state index contributed by atoms with van der Waals surface area (Å²) in [7, 11) is 0. The van der Waals surface area contributed by atoms with Gasteiger partial charge < -0.3 is 10.7 Å². The van der Waals surface area contributed by atoms with Crippen molar-refractivity contribution in [3.63, 3.8) is 0 Å². The van der Waals surface area contributed by atoms with Gasteiger partial charge in [0.25, 0.3) is 0 Å². The third kappa shape index (κ3) is 1.57. The van der Waals surface area contributed by atoms with Crippen LogP contribution < -0.4 is 5.73 Å². The topological polar surface area (TPSA) is 54.7 Å². The van der Waals surface area contributed by atoms with Crippen molar-refractivity contribution in [1.82, 2.24) is 9.97 Å². The molecule has 0 amide bonds. The summed E-state index contributed by atoms with van der Waals surface area (Å²) in [6.07, 6.45) is 4.52. The normalized spacial score (nSPS) is 23.2. The van der Waals surface area contributed by atoms with Crippen LogP contribution in [-0.2, 0) is 6.42 Å². The standard InChI is InChI=1S/C11H19N3/c1-3-7(2)11-13-9-6-4-5-8(12)10(9)14-11/h7-8H,3-6,12H2,1-2H3,(H,13,14). The minimum absolute atomic E-state index is 0.160. The average molecular weight is 193 g/mol. The first-order valence-electron chi connectivity index (χ1n) is 5.56. The minimum Gasteiger partial charge on any atom is -0.345 e. The molecule has 0 spiro atoms. The van der Waals surface area contributed by atoms with Gasteiger partial charge in [0.2, 0.25) is 0 Å². The number of imidazole rings is 1. The van der Waals surface area contributed by atoms with Gasteiger partial charge >= 0.3 is 0 Å². The number of aryl methyl sites for hydroxylation is 1. The molecule has 0 bridgehead atoms. The van der Waals surface area contributed by atoms with Gasteiger partial charge in [0, 0.05) is 17.7 Å². The van der Waals surface area contributed by atoms with E-state index in [4.69, 9.17) is 5.73 Å². The summed E-state index contributed by atoms with van der Waals surface area (Å²) in [4.78, 5) is 8.05. The number of nitrogens with two attached hydrogens (primary N) is 1. The highest BCUT2D eigenvalue weighted by atomic mass is 15.0. The molecule has 1 aromatic rings. The monoisotopic (exact) mass is 193 g/mol. The minimum atomic E-state index is 0.160. The summed E-state index contributed by atoms with van der Waals surface area (Å²) in [6, 6.07) is 0.160. The molecule has 78 valence electrons. The number of fused-ring (bicyclic) bond motifs is 1. The maximum absolute atomic E-state index is 6.02. The van der Waals surface area contributed by atoms with Crippen molar-refractivity contribution in [2.45, 2.75) is 51.5 Å². The fraction of sp³-hybridized carbons (Fsp3) is 0.727. The van der Waals surface area contributed by atoms with Crippen molar-refractivity contribution in [2.75, 3.05) is 0 Å². The van der Waals surface area contributed by atoms with Crippen molar-refractivity contribution in [1.29, 1.82) is 0 Å². The molecule has 1 aliphatic carbocycles. The number of nitrogens with one attached hydrogen (secondary N) is 1. The zero-order chi connectivity index (χ0) is 10.1. The highest BCUT2D eigenvalue weighted by Gasteiger charge is 2.22. The molecule has 0 aliphatic heterocycles. The van der Waals surface area contributed by atoms with Gasteiger partial charge in [-0.15, -0.1) is 0 Å². The van der Waals surface area contributed by atoms with Gasteiger partial charge in [-0.05, 0) is 25.7 Å². The Hall–Kier alpha value is -0.830. The predicted molar refractivity (Wildman–Crippen MR) is 57.2 cm³/mol. The van der Waals surface area contributed by atoms with E-state index in [0.29, 0.717) is 5.92 Å². The molecule has 0 saturated carbocycles. The van der Waals surface area contributed by atoms with Gasteiger partial charge in [-0.1, -0.05) is 13.8 Å². The van der Waals surface area contributed by atoms with Gasteiger partial charge in [-0.3, -0.25) is 0 Å². The molecule has 1 heterocycles. The van der Waals surface area contributed by atoms with E-state index in [1.807, 2.05) is 0 Å². The summed E-state index contributed by atoms with van der Waals surface area (Å²) in [5, 5.41) is 0. The maximum Gasteiger partial charge on any atom is 0.109 e. The van der Waals surface area contributed by atoms with E-state index in [1.165, 1.54) is 12.1 Å². The predicted octanol–water partition coefficient (Wildman–Crippen LogP) is 2.26. The lowest BCUT2D eigenvalue weighted by Gasteiger charge is -2.15. The fourth-order valence-electron chi connectivity index (χ4n) is 2.00. The molecule has 0 saturated heterocycles. The Morgan fingerprint density at radius 2 is 2.43 bits per heavy atom. The second kappa shape index (κ2) is 3.73. The average Bonchev–Trinajstić information content (AvgIpc) is 2.62. The quantitative estimate of drug-likeness (QED) is 0.757. The van der Waals surface area contributed by atoms with E-state index in [1.54, 1.807) is 0 Å². The van der Waals surface area contributed by atoms with Crippen LogP contribution in [0, 0.1) is 0 Å². The number of aromatic amines is 1. The second-order valence-corrected chi connectivity index (χ2v) is 4.29. The zero-order valence-corrected chi connectivity index (χ0v) is 9.01. The van der Waals surface area contributed by atoms with Crippen LogP contribution in [0.2, 0.25) is 0 Å². The van der Waals surface area contributed by atoms with E-state index in [-0.39, 0.29) is 6.04 Å². The van der Waals surface area contributed by atoms with Crippen molar-refractivity contribution in [2.24, 2.45) is 5.73 Å². The highest BCUT2D eigenvalue weighted by Crippen LogP contribution is 2.28. The van der Waals surface area contributed by atoms with Crippen molar-refractivity contribution in [3.8, 4) is 0 Å². The number of rotatable bonds is 2. The first-order valence-corrected chi connectivity index (χ1v) is 5.56. The lowest BCUT2D eigenvalue weighted by atomic mass is 9.97. The Balaban J connectivity index is 2.30. The number of H-pyrrole nitrogens is 1. The molecule has 3 N–H and O–H groups in total. The van der Waals surface area contributed by atoms with Crippen molar-refractivity contribution < 1.29 is 0 Å². The molecule has 1 aliphatic rings. The maximum atomic E-state index is 6.02. The van der Waals surface area contributed by atoms with Crippen LogP contribution in [0.4, 0.5) is 0 Å². The molecule has 14 heavy (non-hydrogen) atoms. The highest BCUT2D eigenvalue weighted by molar-refractivity contribution is 5.22. The van der Waals surface area contributed by atoms with Gasteiger partial charge in [0.05, 0.1) is 5.69 Å². The van der Waals surface area contributed by atoms with Crippen LogP contribution in [0.3, 0.4) is 0 Å². The lowest BCUT2D eigenvalue weighted by molar-refractivity contribution is 0.555. The summed E-state index contributed by atoms with van der Waals surface area (Å²) in [6.45, 7) is 4.39. The largest absolute Gasteiger partial charge is 0.345 e. The smallest absolute Gasteiger partial charge is 0.109 e. The van der Waals surface area contributed by atoms with Gasteiger partial charge in [0.15, 0.2) is 0 Å². The Morgan fingerprint density at radius 1 is 1.64 bits per heavy atom. The van der Waals surface area contributed by atoms with Crippen LogP contribution in [0.1, 0.15) is 62.3 Å². The fourth-order valence-corrected chi connectivity index (χ4v) is 2.00. The Bertz CT molecular complexity index is 316. The summed E-state index contributed by atoms with van der Waals surface area (Å²) in [5.74, 6) is 1.64. The van der Waals surface area contributed by atoms with E-state index >= 15 is 0 Å². The number of hydrogen-bond acceptors (Lipinski definition) is 2. The van der Waals surface area contributed by atoms with Crippen molar-refractivity contribution >= 4 is 0 Å². The van der Waals surface area contributed by atoms with Gasteiger partial charge in [-0.2, -0.15) is 0 Å². The molecule has 2 atom stereocenters. The van der Waals surface area contributed by atoms with Gasteiger partial charge in [-0.25, -0.2) is 4.98 Å². The first-order chi connectivity index (χ1) is 6.72. The van der Waals surface area contributed by atoms with Crippen LogP contribution in [0.25, 0.3) is 0 Å². The van der Waals surface area contributed by atoms with Crippen LogP contribution in [-0.4, -0.2) is 9.97 Å². The molecule has 2 unspecified atom stereocenters. The molecule has 3 nitrogen and oxygen atoms in total. The third-order valence-electron chi connectivity index (χ3n) is 3.20. The molecule has 2 rings (SSSR count). The van der Waals surface area contributed by atoms with Gasteiger partial charge in [0.1, 0.15) is 5.82 Å². The Kier molecular flexibility index (Phi) is 2.59. The summed E-state index contributed by atoms with van der Waals surface area (Å²) >= 11 is 0. The SMILES string of the molecule is CCC(C)c1nc2c([nH]1)CCCC2N.